The van der Waals surface area contributed by atoms with Gasteiger partial charge < -0.3 is 14.2 Å². The number of benzene rings is 1. The Bertz CT molecular complexity index is 550. The summed E-state index contributed by atoms with van der Waals surface area (Å²) < 4.78 is 63.8. The zero-order valence-electron chi connectivity index (χ0n) is 10.6. The van der Waals surface area contributed by atoms with Gasteiger partial charge in [-0.15, -0.1) is 0 Å². The van der Waals surface area contributed by atoms with E-state index in [1.807, 2.05) is 0 Å². The maximum absolute atomic E-state index is 13.5. The van der Waals surface area contributed by atoms with Crippen LogP contribution in [0.1, 0.15) is 0 Å². The van der Waals surface area contributed by atoms with Crippen molar-refractivity contribution in [3.05, 3.63) is 23.8 Å². The van der Waals surface area contributed by atoms with Crippen LogP contribution in [0.5, 0.6) is 5.75 Å². The molecule has 0 heterocycles. The average Bonchev–Trinajstić information content (AvgIpc) is 2.34. The fourth-order valence-corrected chi connectivity index (χ4v) is 2.28. The van der Waals surface area contributed by atoms with Crippen LogP contribution in [-0.2, 0) is 18.5 Å². The van der Waals surface area contributed by atoms with Crippen LogP contribution in [-0.4, -0.2) is 42.0 Å². The molecule has 1 aromatic rings. The van der Waals surface area contributed by atoms with Crippen molar-refractivity contribution < 1.29 is 31.4 Å². The maximum Gasteiger partial charge on any atom is 0.265 e. The molecule has 5 nitrogen and oxygen atoms in total. The lowest BCUT2D eigenvalue weighted by Gasteiger charge is -2.11. The lowest BCUT2D eigenvalue weighted by Crippen LogP contribution is -2.12. The molecule has 114 valence electrons. The normalized spacial score (nSPS) is 11.6. The number of rotatable bonds is 8. The van der Waals surface area contributed by atoms with Crippen molar-refractivity contribution in [2.45, 2.75) is 4.90 Å². The van der Waals surface area contributed by atoms with Crippen molar-refractivity contribution in [3.63, 3.8) is 0 Å². The van der Waals surface area contributed by atoms with Gasteiger partial charge in [0.25, 0.3) is 9.05 Å². The summed E-state index contributed by atoms with van der Waals surface area (Å²) in [4.78, 5) is -0.756. The molecule has 0 saturated heterocycles. The van der Waals surface area contributed by atoms with Gasteiger partial charge in [0.05, 0.1) is 19.8 Å². The highest BCUT2D eigenvalue weighted by atomic mass is 35.7. The van der Waals surface area contributed by atoms with Crippen molar-refractivity contribution in [1.29, 1.82) is 0 Å². The summed E-state index contributed by atoms with van der Waals surface area (Å²) in [5.74, 6) is -2.84. The summed E-state index contributed by atoms with van der Waals surface area (Å²) >= 11 is 0. The largest absolute Gasteiger partial charge is 0.487 e. The molecule has 0 unspecified atom stereocenters. The lowest BCUT2D eigenvalue weighted by atomic mass is 10.3. The summed E-state index contributed by atoms with van der Waals surface area (Å²) in [6.45, 7) is 0.659. The van der Waals surface area contributed by atoms with Crippen LogP contribution in [0.15, 0.2) is 17.0 Å². The molecule has 0 aliphatic carbocycles. The molecule has 0 bridgehead atoms. The molecule has 0 amide bonds. The summed E-state index contributed by atoms with van der Waals surface area (Å²) in [7, 11) is 2.28. The van der Waals surface area contributed by atoms with Gasteiger partial charge in [0.1, 0.15) is 17.3 Å². The molecule has 0 atom stereocenters. The quantitative estimate of drug-likeness (QED) is 0.538. The average molecular weight is 331 g/mol. The molecule has 1 aromatic carbocycles. The lowest BCUT2D eigenvalue weighted by molar-refractivity contribution is 0.0532. The summed E-state index contributed by atoms with van der Waals surface area (Å²) in [5.41, 5.74) is 0. The summed E-state index contributed by atoms with van der Waals surface area (Å²) in [6.07, 6.45) is 0. The van der Waals surface area contributed by atoms with Gasteiger partial charge in [-0.1, -0.05) is 0 Å². The Morgan fingerprint density at radius 3 is 2.40 bits per heavy atom. The Balaban J connectivity index is 2.74. The fourth-order valence-electron chi connectivity index (χ4n) is 1.30. The Kier molecular flexibility index (Phi) is 6.60. The first kappa shape index (κ1) is 17.1. The SMILES string of the molecule is COCCOCCOc1c(F)cc(F)cc1S(=O)(=O)Cl. The highest BCUT2D eigenvalue weighted by Crippen LogP contribution is 2.30. The van der Waals surface area contributed by atoms with Gasteiger partial charge in [0.15, 0.2) is 11.6 Å². The first-order valence-electron chi connectivity index (χ1n) is 5.49. The number of halogens is 3. The minimum Gasteiger partial charge on any atom is -0.487 e. The monoisotopic (exact) mass is 330 g/mol. The van der Waals surface area contributed by atoms with Crippen LogP contribution in [0.4, 0.5) is 8.78 Å². The zero-order valence-corrected chi connectivity index (χ0v) is 12.1. The van der Waals surface area contributed by atoms with Crippen molar-refractivity contribution in [3.8, 4) is 5.75 Å². The third-order valence-corrected chi connectivity index (χ3v) is 3.47. The molecule has 0 radical (unpaired) electrons. The van der Waals surface area contributed by atoms with Gasteiger partial charge >= 0.3 is 0 Å². The molecule has 0 aliphatic rings. The van der Waals surface area contributed by atoms with E-state index in [9.17, 15) is 17.2 Å². The number of hydrogen-bond donors (Lipinski definition) is 0. The van der Waals surface area contributed by atoms with E-state index in [4.69, 9.17) is 24.9 Å². The smallest absolute Gasteiger partial charge is 0.265 e. The standard InChI is InChI=1S/C11H13ClF2O5S/c1-17-2-3-18-4-5-19-11-9(14)6-8(13)7-10(11)20(12,15)16/h6-7H,2-5H2,1H3. The van der Waals surface area contributed by atoms with Crippen LogP contribution >= 0.6 is 10.7 Å². The van der Waals surface area contributed by atoms with Gasteiger partial charge in [-0.2, -0.15) is 0 Å². The minimum absolute atomic E-state index is 0.0853. The van der Waals surface area contributed by atoms with E-state index in [0.29, 0.717) is 25.3 Å². The fraction of sp³-hybridized carbons (Fsp3) is 0.455. The van der Waals surface area contributed by atoms with Crippen molar-refractivity contribution in [2.24, 2.45) is 0 Å². The van der Waals surface area contributed by atoms with Crippen molar-refractivity contribution >= 4 is 19.7 Å². The molecule has 1 rings (SSSR count). The van der Waals surface area contributed by atoms with E-state index < -0.39 is 31.3 Å². The second-order valence-corrected chi connectivity index (χ2v) is 6.14. The topological polar surface area (TPSA) is 61.8 Å². The number of hydrogen-bond acceptors (Lipinski definition) is 5. The Hall–Kier alpha value is -0.960. The Labute approximate surface area is 119 Å². The third-order valence-electron chi connectivity index (χ3n) is 2.14. The van der Waals surface area contributed by atoms with E-state index in [1.54, 1.807) is 0 Å². The molecule has 0 N–H and O–H groups in total. The molecule has 0 aliphatic heterocycles. The van der Waals surface area contributed by atoms with Gasteiger partial charge in [-0.05, 0) is 6.07 Å². The van der Waals surface area contributed by atoms with E-state index in [1.165, 1.54) is 7.11 Å². The first-order chi connectivity index (χ1) is 9.36. The van der Waals surface area contributed by atoms with Crippen LogP contribution in [0.3, 0.4) is 0 Å². The summed E-state index contributed by atoms with van der Waals surface area (Å²) in [5, 5.41) is 0. The highest BCUT2D eigenvalue weighted by molar-refractivity contribution is 8.13. The van der Waals surface area contributed by atoms with Gasteiger partial charge in [0, 0.05) is 23.9 Å². The van der Waals surface area contributed by atoms with Gasteiger partial charge in [-0.25, -0.2) is 17.2 Å². The van der Waals surface area contributed by atoms with Crippen LogP contribution in [0.2, 0.25) is 0 Å². The highest BCUT2D eigenvalue weighted by Gasteiger charge is 2.22. The predicted molar refractivity (Wildman–Crippen MR) is 67.6 cm³/mol. The first-order valence-corrected chi connectivity index (χ1v) is 7.80. The summed E-state index contributed by atoms with van der Waals surface area (Å²) in [6, 6.07) is 1.10. The molecule has 0 saturated carbocycles. The van der Waals surface area contributed by atoms with E-state index in [0.717, 1.165) is 0 Å². The van der Waals surface area contributed by atoms with Gasteiger partial charge in [0.2, 0.25) is 0 Å². The molecule has 0 spiro atoms. The number of methoxy groups -OCH3 is 1. The molecule has 20 heavy (non-hydrogen) atoms. The van der Waals surface area contributed by atoms with Crippen molar-refractivity contribution in [1.82, 2.24) is 0 Å². The molecule has 0 aromatic heterocycles. The van der Waals surface area contributed by atoms with Crippen LogP contribution < -0.4 is 4.74 Å². The third kappa shape index (κ3) is 5.20. The molecule has 0 fully saturated rings. The van der Waals surface area contributed by atoms with Crippen LogP contribution in [0, 0.1) is 11.6 Å². The van der Waals surface area contributed by atoms with E-state index in [2.05, 4.69) is 0 Å². The Morgan fingerprint density at radius 1 is 1.15 bits per heavy atom. The van der Waals surface area contributed by atoms with Crippen LogP contribution in [0.25, 0.3) is 0 Å². The predicted octanol–water partition coefficient (Wildman–Crippen LogP) is 1.93. The molecular formula is C11H13ClF2O5S. The van der Waals surface area contributed by atoms with E-state index in [-0.39, 0.29) is 13.2 Å². The Morgan fingerprint density at radius 2 is 1.80 bits per heavy atom. The molecule has 9 heteroatoms. The number of ether oxygens (including phenoxy) is 3. The maximum atomic E-state index is 13.5. The van der Waals surface area contributed by atoms with E-state index >= 15 is 0 Å². The van der Waals surface area contributed by atoms with Crippen molar-refractivity contribution in [2.75, 3.05) is 33.5 Å². The second kappa shape index (κ2) is 7.72. The zero-order chi connectivity index (χ0) is 15.2. The second-order valence-electron chi connectivity index (χ2n) is 3.61. The van der Waals surface area contributed by atoms with Gasteiger partial charge in [-0.3, -0.25) is 0 Å². The minimum atomic E-state index is -4.32. The molecular weight excluding hydrogens is 318 g/mol.